The van der Waals surface area contributed by atoms with Crippen molar-refractivity contribution in [3.05, 3.63) is 33.8 Å². The highest BCUT2D eigenvalue weighted by Crippen LogP contribution is 2.35. The van der Waals surface area contributed by atoms with E-state index >= 15 is 0 Å². The SMILES string of the molecule is CCCS(=O)(=O)Nc1cc(Br)c(F)c(-c2c(C)nn(C)c2C)c1. The van der Waals surface area contributed by atoms with E-state index in [4.69, 9.17) is 0 Å². The van der Waals surface area contributed by atoms with E-state index in [-0.39, 0.29) is 10.2 Å². The smallest absolute Gasteiger partial charge is 0.232 e. The highest BCUT2D eigenvalue weighted by atomic mass is 79.9. The van der Waals surface area contributed by atoms with Gasteiger partial charge in [0.15, 0.2) is 0 Å². The van der Waals surface area contributed by atoms with Crippen molar-refractivity contribution in [2.24, 2.45) is 7.05 Å². The summed E-state index contributed by atoms with van der Waals surface area (Å²) in [6, 6.07) is 2.93. The summed E-state index contributed by atoms with van der Waals surface area (Å²) in [6.07, 6.45) is 0.505. The van der Waals surface area contributed by atoms with E-state index in [1.54, 1.807) is 25.6 Å². The molecule has 0 aliphatic rings. The third kappa shape index (κ3) is 3.74. The molecule has 2 rings (SSSR count). The maximum absolute atomic E-state index is 14.6. The molecule has 0 bridgehead atoms. The lowest BCUT2D eigenvalue weighted by Crippen LogP contribution is -2.16. The second-order valence-electron chi connectivity index (χ2n) is 5.41. The third-order valence-corrected chi connectivity index (χ3v) is 5.62. The van der Waals surface area contributed by atoms with Gasteiger partial charge >= 0.3 is 0 Å². The molecule has 0 amide bonds. The van der Waals surface area contributed by atoms with Crippen LogP contribution in [0.4, 0.5) is 10.1 Å². The number of hydrogen-bond acceptors (Lipinski definition) is 3. The van der Waals surface area contributed by atoms with Crippen molar-refractivity contribution in [3.8, 4) is 11.1 Å². The maximum atomic E-state index is 14.6. The minimum Gasteiger partial charge on any atom is -0.283 e. The predicted molar refractivity (Wildman–Crippen MR) is 93.5 cm³/mol. The molecule has 0 fully saturated rings. The normalized spacial score (nSPS) is 11.7. The first-order chi connectivity index (χ1) is 10.7. The van der Waals surface area contributed by atoms with Gasteiger partial charge in [-0.25, -0.2) is 12.8 Å². The van der Waals surface area contributed by atoms with Crippen LogP contribution in [0.3, 0.4) is 0 Å². The molecule has 0 aliphatic carbocycles. The van der Waals surface area contributed by atoms with Crippen LogP contribution < -0.4 is 4.72 Å². The first kappa shape index (κ1) is 17.9. The highest BCUT2D eigenvalue weighted by Gasteiger charge is 2.19. The molecule has 0 saturated heterocycles. The summed E-state index contributed by atoms with van der Waals surface area (Å²) in [7, 11) is -1.66. The van der Waals surface area contributed by atoms with E-state index in [2.05, 4.69) is 25.8 Å². The number of benzene rings is 1. The Labute approximate surface area is 144 Å². The van der Waals surface area contributed by atoms with Crippen LogP contribution in [0.2, 0.25) is 0 Å². The van der Waals surface area contributed by atoms with E-state index in [1.807, 2.05) is 6.92 Å². The van der Waals surface area contributed by atoms with E-state index < -0.39 is 15.8 Å². The number of nitrogens with one attached hydrogen (secondary N) is 1. The lowest BCUT2D eigenvalue weighted by atomic mass is 10.0. The summed E-state index contributed by atoms with van der Waals surface area (Å²) >= 11 is 3.16. The van der Waals surface area contributed by atoms with Gasteiger partial charge in [-0.3, -0.25) is 9.40 Å². The lowest BCUT2D eigenvalue weighted by molar-refractivity contribution is 0.599. The van der Waals surface area contributed by atoms with Gasteiger partial charge in [0.2, 0.25) is 10.0 Å². The number of rotatable bonds is 5. The Morgan fingerprint density at radius 3 is 2.52 bits per heavy atom. The Morgan fingerprint density at radius 2 is 2.00 bits per heavy atom. The minimum absolute atomic E-state index is 0.0161. The average Bonchev–Trinajstić information content (AvgIpc) is 2.67. The Morgan fingerprint density at radius 1 is 1.35 bits per heavy atom. The summed E-state index contributed by atoms with van der Waals surface area (Å²) in [4.78, 5) is 0. The fraction of sp³-hybridized carbons (Fsp3) is 0.400. The summed E-state index contributed by atoms with van der Waals surface area (Å²) in [6.45, 7) is 5.42. The van der Waals surface area contributed by atoms with Gasteiger partial charge in [-0.15, -0.1) is 0 Å². The van der Waals surface area contributed by atoms with E-state index in [1.165, 1.54) is 12.1 Å². The number of halogens is 2. The second-order valence-corrected chi connectivity index (χ2v) is 8.11. The number of hydrogen-bond donors (Lipinski definition) is 1. The molecule has 5 nitrogen and oxygen atoms in total. The summed E-state index contributed by atoms with van der Waals surface area (Å²) in [5.74, 6) is -0.426. The van der Waals surface area contributed by atoms with Gasteiger partial charge in [0, 0.05) is 23.9 Å². The fourth-order valence-corrected chi connectivity index (χ4v) is 4.07. The molecule has 2 aromatic rings. The molecule has 0 unspecified atom stereocenters. The van der Waals surface area contributed by atoms with Gasteiger partial charge in [0.25, 0.3) is 0 Å². The van der Waals surface area contributed by atoms with Crippen molar-refractivity contribution in [1.29, 1.82) is 0 Å². The van der Waals surface area contributed by atoms with Gasteiger partial charge in [0.05, 0.1) is 21.6 Å². The van der Waals surface area contributed by atoms with E-state index in [0.717, 1.165) is 5.69 Å². The zero-order valence-electron chi connectivity index (χ0n) is 13.4. The van der Waals surface area contributed by atoms with Crippen molar-refractivity contribution in [3.63, 3.8) is 0 Å². The standard InChI is InChI=1S/C15H19BrFN3O2S/c1-5-6-23(21,22)19-11-7-12(15(17)13(16)8-11)14-9(2)18-20(4)10(14)3/h7-8,19H,5-6H2,1-4H3. The quantitative estimate of drug-likeness (QED) is 0.826. The van der Waals surface area contributed by atoms with Crippen LogP contribution in [0.5, 0.6) is 0 Å². The summed E-state index contributed by atoms with van der Waals surface area (Å²) < 4.78 is 42.8. The van der Waals surface area contributed by atoms with Gasteiger partial charge in [-0.05, 0) is 48.3 Å². The molecule has 0 spiro atoms. The minimum atomic E-state index is -3.44. The molecule has 0 radical (unpaired) electrons. The van der Waals surface area contributed by atoms with Crippen LogP contribution in [0.15, 0.2) is 16.6 Å². The van der Waals surface area contributed by atoms with Crippen molar-refractivity contribution in [1.82, 2.24) is 9.78 Å². The molecular weight excluding hydrogens is 385 g/mol. The Balaban J connectivity index is 2.57. The first-order valence-corrected chi connectivity index (χ1v) is 9.61. The number of aryl methyl sites for hydroxylation is 2. The molecule has 0 aliphatic heterocycles. The van der Waals surface area contributed by atoms with Crippen molar-refractivity contribution < 1.29 is 12.8 Å². The van der Waals surface area contributed by atoms with Crippen LogP contribution in [-0.4, -0.2) is 24.0 Å². The number of sulfonamides is 1. The Kier molecular flexibility index (Phi) is 5.15. The van der Waals surface area contributed by atoms with Crippen LogP contribution in [0, 0.1) is 19.7 Å². The number of anilines is 1. The largest absolute Gasteiger partial charge is 0.283 e. The highest BCUT2D eigenvalue weighted by molar-refractivity contribution is 9.10. The summed E-state index contributed by atoms with van der Waals surface area (Å²) in [5, 5.41) is 4.29. The topological polar surface area (TPSA) is 64.0 Å². The zero-order valence-corrected chi connectivity index (χ0v) is 15.8. The third-order valence-electron chi connectivity index (χ3n) is 3.55. The fourth-order valence-electron chi connectivity index (χ4n) is 2.49. The predicted octanol–water partition coefficient (Wildman–Crippen LogP) is 3.76. The first-order valence-electron chi connectivity index (χ1n) is 7.16. The van der Waals surface area contributed by atoms with Gasteiger partial charge in [0.1, 0.15) is 5.82 Å². The number of aromatic nitrogens is 2. The Bertz CT molecular complexity index is 847. The molecular formula is C15H19BrFN3O2S. The zero-order chi connectivity index (χ0) is 17.4. The van der Waals surface area contributed by atoms with Crippen molar-refractivity contribution >= 4 is 31.6 Å². The van der Waals surface area contributed by atoms with Crippen LogP contribution >= 0.6 is 15.9 Å². The molecule has 126 valence electrons. The molecule has 0 atom stereocenters. The van der Waals surface area contributed by atoms with Crippen LogP contribution in [0.25, 0.3) is 11.1 Å². The van der Waals surface area contributed by atoms with E-state index in [0.29, 0.717) is 28.9 Å². The molecule has 0 saturated carbocycles. The molecule has 1 N–H and O–H groups in total. The average molecular weight is 404 g/mol. The molecule has 8 heteroatoms. The monoisotopic (exact) mass is 403 g/mol. The van der Waals surface area contributed by atoms with Gasteiger partial charge in [-0.1, -0.05) is 6.92 Å². The molecule has 1 aromatic heterocycles. The number of nitrogens with zero attached hydrogens (tertiary/aromatic N) is 2. The lowest BCUT2D eigenvalue weighted by Gasteiger charge is -2.12. The van der Waals surface area contributed by atoms with Gasteiger partial charge < -0.3 is 0 Å². The molecule has 23 heavy (non-hydrogen) atoms. The van der Waals surface area contributed by atoms with Crippen LogP contribution in [-0.2, 0) is 17.1 Å². The van der Waals surface area contributed by atoms with Gasteiger partial charge in [-0.2, -0.15) is 5.10 Å². The van der Waals surface area contributed by atoms with E-state index in [9.17, 15) is 12.8 Å². The van der Waals surface area contributed by atoms with Crippen molar-refractivity contribution in [2.75, 3.05) is 10.5 Å². The Hall–Kier alpha value is -1.41. The molecule has 1 aromatic carbocycles. The second kappa shape index (κ2) is 6.60. The van der Waals surface area contributed by atoms with Crippen LogP contribution in [0.1, 0.15) is 24.7 Å². The maximum Gasteiger partial charge on any atom is 0.232 e. The van der Waals surface area contributed by atoms with Crippen molar-refractivity contribution in [2.45, 2.75) is 27.2 Å². The molecule has 1 heterocycles. The summed E-state index contributed by atoms with van der Waals surface area (Å²) in [5.41, 5.74) is 2.80.